The third-order valence-electron chi connectivity index (χ3n) is 8.07. The lowest BCUT2D eigenvalue weighted by Gasteiger charge is -2.31. The molecule has 3 aromatic rings. The van der Waals surface area contributed by atoms with Crippen LogP contribution in [0.25, 0.3) is 0 Å². The molecule has 310 valence electrons. The summed E-state index contributed by atoms with van der Waals surface area (Å²) in [5.74, 6) is 0.550. The second-order valence-corrected chi connectivity index (χ2v) is 19.8. The molecule has 0 saturated carbocycles. The van der Waals surface area contributed by atoms with Gasteiger partial charge in [0.15, 0.2) is 0 Å². The molecule has 3 aromatic carbocycles. The zero-order chi connectivity index (χ0) is 41.8. The van der Waals surface area contributed by atoms with Crippen molar-refractivity contribution in [1.29, 1.82) is 0 Å². The van der Waals surface area contributed by atoms with E-state index >= 15 is 0 Å². The first kappa shape index (κ1) is 47.2. The number of epoxide rings is 1. The minimum Gasteiger partial charge on any atom is -0.497 e. The van der Waals surface area contributed by atoms with E-state index in [1.165, 1.54) is 23.5 Å². The first-order valence-electron chi connectivity index (χ1n) is 18.5. The number of halogens is 2. The maximum atomic E-state index is 13.5. The molecule has 1 saturated heterocycles. The number of benzene rings is 3. The number of rotatable bonds is 15. The van der Waals surface area contributed by atoms with Gasteiger partial charge in [-0.05, 0) is 120 Å². The van der Waals surface area contributed by atoms with Gasteiger partial charge in [-0.3, -0.25) is 0 Å². The maximum absolute atomic E-state index is 13.5. The molecular weight excluding hydrogens is 870 g/mol. The van der Waals surface area contributed by atoms with Crippen LogP contribution in [0.15, 0.2) is 86.6 Å². The van der Waals surface area contributed by atoms with Crippen LogP contribution >= 0.6 is 31.9 Å². The van der Waals surface area contributed by atoms with Gasteiger partial charge in [0.2, 0.25) is 10.0 Å². The maximum Gasteiger partial charge on any atom is 0.407 e. The van der Waals surface area contributed by atoms with Crippen LogP contribution in [0.2, 0.25) is 0 Å². The second kappa shape index (κ2) is 21.0. The van der Waals surface area contributed by atoms with Crippen molar-refractivity contribution in [1.82, 2.24) is 14.9 Å². The second-order valence-electron chi connectivity index (χ2n) is 16.0. The molecule has 4 atom stereocenters. The zero-order valence-electron chi connectivity index (χ0n) is 33.7. The molecule has 15 heteroatoms. The number of hydrogen-bond acceptors (Lipinski definition) is 9. The van der Waals surface area contributed by atoms with Gasteiger partial charge in [0, 0.05) is 22.0 Å². The molecular formula is C41H57Br2N3O9S. The van der Waals surface area contributed by atoms with Gasteiger partial charge in [-0.1, -0.05) is 70.0 Å². The van der Waals surface area contributed by atoms with Crippen LogP contribution in [0.1, 0.15) is 66.5 Å². The van der Waals surface area contributed by atoms with E-state index in [-0.39, 0.29) is 42.5 Å². The van der Waals surface area contributed by atoms with Crippen LogP contribution in [-0.2, 0) is 37.1 Å². The van der Waals surface area contributed by atoms with Crippen molar-refractivity contribution in [3.8, 4) is 5.75 Å². The number of hydrogen-bond donors (Lipinski definition) is 3. The van der Waals surface area contributed by atoms with E-state index in [4.69, 9.17) is 18.9 Å². The Morgan fingerprint density at radius 1 is 0.804 bits per heavy atom. The van der Waals surface area contributed by atoms with E-state index in [0.717, 1.165) is 26.5 Å². The molecule has 1 heterocycles. The van der Waals surface area contributed by atoms with Crippen molar-refractivity contribution in [2.45, 2.75) is 109 Å². The van der Waals surface area contributed by atoms with Gasteiger partial charge in [-0.15, -0.1) is 0 Å². The van der Waals surface area contributed by atoms with Crippen molar-refractivity contribution in [2.24, 2.45) is 5.92 Å². The van der Waals surface area contributed by atoms with E-state index in [1.807, 2.05) is 83.1 Å². The van der Waals surface area contributed by atoms with Gasteiger partial charge >= 0.3 is 12.2 Å². The Labute approximate surface area is 349 Å². The van der Waals surface area contributed by atoms with Gasteiger partial charge in [0.1, 0.15) is 23.1 Å². The Morgan fingerprint density at radius 2 is 1.27 bits per heavy atom. The van der Waals surface area contributed by atoms with Gasteiger partial charge in [0.05, 0.1) is 36.8 Å². The Morgan fingerprint density at radius 3 is 1.70 bits per heavy atom. The van der Waals surface area contributed by atoms with E-state index in [0.29, 0.717) is 12.4 Å². The molecule has 0 spiro atoms. The summed E-state index contributed by atoms with van der Waals surface area (Å²) in [7, 11) is -2.41. The van der Waals surface area contributed by atoms with Gasteiger partial charge in [-0.2, -0.15) is 4.31 Å². The summed E-state index contributed by atoms with van der Waals surface area (Å²) in [5, 5.41) is 16.9. The highest BCUT2D eigenvalue weighted by molar-refractivity contribution is 9.10. The van der Waals surface area contributed by atoms with E-state index in [9.17, 15) is 23.1 Å². The number of sulfonamides is 1. The Bertz CT molecular complexity index is 1790. The lowest BCUT2D eigenvalue weighted by Crippen LogP contribution is -2.51. The number of carbonyl (C=O) groups excluding carboxylic acids is 2. The highest BCUT2D eigenvalue weighted by Crippen LogP contribution is 2.23. The fourth-order valence-corrected chi connectivity index (χ4v) is 7.57. The van der Waals surface area contributed by atoms with Gasteiger partial charge in [0.25, 0.3) is 0 Å². The molecule has 0 bridgehead atoms. The van der Waals surface area contributed by atoms with E-state index in [1.54, 1.807) is 32.9 Å². The van der Waals surface area contributed by atoms with Crippen molar-refractivity contribution >= 4 is 54.1 Å². The minimum atomic E-state index is -3.92. The van der Waals surface area contributed by atoms with Crippen LogP contribution in [0, 0.1) is 5.92 Å². The number of alkyl carbamates (subject to hydrolysis) is 2. The number of amides is 2. The topological polar surface area (TPSA) is 156 Å². The van der Waals surface area contributed by atoms with Crippen molar-refractivity contribution in [3.05, 3.63) is 92.9 Å². The largest absolute Gasteiger partial charge is 0.497 e. The highest BCUT2D eigenvalue weighted by Gasteiger charge is 2.35. The van der Waals surface area contributed by atoms with Gasteiger partial charge in [-0.25, -0.2) is 18.0 Å². The molecule has 2 amide bonds. The Hall–Kier alpha value is -3.21. The number of nitrogens with zero attached hydrogens (tertiary/aromatic N) is 1. The summed E-state index contributed by atoms with van der Waals surface area (Å²) in [6, 6.07) is 20.8. The monoisotopic (exact) mass is 925 g/mol. The molecule has 1 fully saturated rings. The molecule has 0 aromatic heterocycles. The van der Waals surface area contributed by atoms with E-state index in [2.05, 4.69) is 42.5 Å². The summed E-state index contributed by atoms with van der Waals surface area (Å²) in [6.07, 6.45) is -1.17. The number of aliphatic hydroxyl groups is 1. The minimum absolute atomic E-state index is 0.00830. The van der Waals surface area contributed by atoms with Crippen LogP contribution < -0.4 is 15.4 Å². The molecule has 1 aliphatic heterocycles. The SMILES string of the molecule is CC(C)(C)OC(=O)N[C@@H](Cc1ccc(Br)cc1)[C@H]1CO1.COc1ccc(S(=O)(=O)N(CC(C)C)C[C@@H](O)[C@H](Cc2ccc(Br)cc2)NC(=O)OC(C)(C)C)cc1. The fourth-order valence-electron chi connectivity index (χ4n) is 5.42. The van der Waals surface area contributed by atoms with Crippen LogP contribution in [0.3, 0.4) is 0 Å². The number of aliphatic hydroxyl groups excluding tert-OH is 1. The highest BCUT2D eigenvalue weighted by atomic mass is 79.9. The molecule has 56 heavy (non-hydrogen) atoms. The molecule has 12 nitrogen and oxygen atoms in total. The fraction of sp³-hybridized carbons (Fsp3) is 0.512. The predicted octanol–water partition coefficient (Wildman–Crippen LogP) is 7.89. The number of methoxy groups -OCH3 is 1. The normalized spacial score (nSPS) is 15.9. The summed E-state index contributed by atoms with van der Waals surface area (Å²) >= 11 is 6.81. The van der Waals surface area contributed by atoms with E-state index < -0.39 is 45.6 Å². The molecule has 4 rings (SSSR count). The van der Waals surface area contributed by atoms with Crippen LogP contribution in [0.4, 0.5) is 9.59 Å². The molecule has 1 aliphatic rings. The average molecular weight is 928 g/mol. The zero-order valence-corrected chi connectivity index (χ0v) is 37.7. The number of nitrogens with one attached hydrogen (secondary N) is 2. The first-order valence-corrected chi connectivity index (χ1v) is 21.5. The van der Waals surface area contributed by atoms with Crippen molar-refractivity contribution in [2.75, 3.05) is 26.8 Å². The molecule has 0 radical (unpaired) electrons. The summed E-state index contributed by atoms with van der Waals surface area (Å²) in [4.78, 5) is 24.5. The predicted molar refractivity (Wildman–Crippen MR) is 224 cm³/mol. The van der Waals surface area contributed by atoms with Gasteiger partial charge < -0.3 is 34.7 Å². The van der Waals surface area contributed by atoms with Crippen molar-refractivity contribution < 1.29 is 42.1 Å². The summed E-state index contributed by atoms with van der Waals surface area (Å²) in [5.41, 5.74) is 0.811. The molecule has 3 N–H and O–H groups in total. The van der Waals surface area contributed by atoms with Crippen molar-refractivity contribution in [3.63, 3.8) is 0 Å². The molecule has 0 unspecified atom stereocenters. The number of carbonyl (C=O) groups is 2. The lowest BCUT2D eigenvalue weighted by atomic mass is 10.0. The Balaban J connectivity index is 0.000000353. The first-order chi connectivity index (χ1) is 26.0. The standard InChI is InChI=1S/C26H37BrN2O6S.C15H20BrNO3/c1-18(2)16-29(36(32,33)22-13-11-21(34-6)12-14-22)17-24(30)23(28-25(31)35-26(3,4)5)15-19-7-9-20(27)10-8-19;1-15(2,3)20-14(18)17-12(13-9-19-13)8-10-4-6-11(16)7-5-10/h7-14,18,23-24,30H,15-17H2,1-6H3,(H,28,31);4-7,12-13H,8-9H2,1-3H3,(H,17,18)/t23-,24+;12-,13+/m00/s1. The third kappa shape index (κ3) is 17.1. The number of ether oxygens (including phenoxy) is 4. The van der Waals surface area contributed by atoms with Crippen LogP contribution in [-0.4, -0.2) is 92.3 Å². The average Bonchev–Trinajstić information content (AvgIpc) is 3.94. The quantitative estimate of drug-likeness (QED) is 0.129. The Kier molecular flexibility index (Phi) is 17.7. The smallest absolute Gasteiger partial charge is 0.407 e. The third-order valence-corrected chi connectivity index (χ3v) is 11.0. The lowest BCUT2D eigenvalue weighted by molar-refractivity contribution is 0.0399. The summed E-state index contributed by atoms with van der Waals surface area (Å²) in [6.45, 7) is 15.3. The van der Waals surface area contributed by atoms with Crippen LogP contribution in [0.5, 0.6) is 5.75 Å². The summed E-state index contributed by atoms with van der Waals surface area (Å²) < 4.78 is 51.3. The molecule has 0 aliphatic carbocycles.